The van der Waals surface area contributed by atoms with Crippen LogP contribution in [0.2, 0.25) is 10.0 Å². The van der Waals surface area contributed by atoms with Crippen LogP contribution < -0.4 is 5.73 Å². The highest BCUT2D eigenvalue weighted by Crippen LogP contribution is 2.33. The van der Waals surface area contributed by atoms with E-state index in [1.807, 2.05) is 6.07 Å². The summed E-state index contributed by atoms with van der Waals surface area (Å²) in [4.78, 5) is 4.54. The van der Waals surface area contributed by atoms with Gasteiger partial charge >= 0.3 is 0 Å². The molecule has 1 aromatic rings. The van der Waals surface area contributed by atoms with Gasteiger partial charge in [-0.1, -0.05) is 28.4 Å². The standard InChI is InChI=1S/C10H9Cl2N3O/c1-5-3-6(11)8(9(12)10(5)14)7(4-13)15-16-2/h3H,14H2,1-2H3. The first kappa shape index (κ1) is 12.6. The highest BCUT2D eigenvalue weighted by atomic mass is 35.5. The normalized spacial score (nSPS) is 11.1. The summed E-state index contributed by atoms with van der Waals surface area (Å²) in [7, 11) is 1.33. The minimum atomic E-state index is -0.01000. The number of hydrogen-bond donors (Lipinski definition) is 1. The molecule has 6 heteroatoms. The van der Waals surface area contributed by atoms with Gasteiger partial charge in [-0.15, -0.1) is 0 Å². The van der Waals surface area contributed by atoms with Crippen molar-refractivity contribution in [2.24, 2.45) is 5.16 Å². The second-order valence-corrected chi connectivity index (χ2v) is 3.80. The molecule has 16 heavy (non-hydrogen) atoms. The maximum Gasteiger partial charge on any atom is 0.189 e. The first-order valence-electron chi connectivity index (χ1n) is 4.28. The van der Waals surface area contributed by atoms with Crippen LogP contribution in [0.15, 0.2) is 11.2 Å². The molecule has 0 heterocycles. The van der Waals surface area contributed by atoms with Crippen LogP contribution in [-0.2, 0) is 4.84 Å². The second kappa shape index (κ2) is 5.06. The third kappa shape index (κ3) is 2.21. The van der Waals surface area contributed by atoms with Gasteiger partial charge in [-0.3, -0.25) is 0 Å². The first-order valence-corrected chi connectivity index (χ1v) is 5.04. The quantitative estimate of drug-likeness (QED) is 0.503. The third-order valence-electron chi connectivity index (χ3n) is 1.99. The van der Waals surface area contributed by atoms with Crippen molar-refractivity contribution in [2.45, 2.75) is 6.92 Å². The maximum atomic E-state index is 8.90. The van der Waals surface area contributed by atoms with E-state index in [1.54, 1.807) is 13.0 Å². The fourth-order valence-electron chi connectivity index (χ4n) is 1.18. The van der Waals surface area contributed by atoms with Crippen molar-refractivity contribution >= 4 is 34.6 Å². The Hall–Kier alpha value is -1.44. The molecular formula is C10H9Cl2N3O. The lowest BCUT2D eigenvalue weighted by atomic mass is 10.1. The van der Waals surface area contributed by atoms with E-state index in [0.717, 1.165) is 5.56 Å². The first-order chi connectivity index (χ1) is 7.52. The largest absolute Gasteiger partial charge is 0.398 e. The number of nitrogen functional groups attached to an aromatic ring is 1. The lowest BCUT2D eigenvalue weighted by molar-refractivity contribution is 0.214. The summed E-state index contributed by atoms with van der Waals surface area (Å²) >= 11 is 12.0. The van der Waals surface area contributed by atoms with Crippen molar-refractivity contribution in [3.8, 4) is 6.07 Å². The molecule has 0 unspecified atom stereocenters. The molecule has 0 atom stereocenters. The summed E-state index contributed by atoms with van der Waals surface area (Å²) in [5, 5.41) is 13.0. The van der Waals surface area contributed by atoms with Gasteiger partial charge in [0.2, 0.25) is 0 Å². The van der Waals surface area contributed by atoms with E-state index < -0.39 is 0 Å². The van der Waals surface area contributed by atoms with Gasteiger partial charge in [-0.2, -0.15) is 5.26 Å². The minimum Gasteiger partial charge on any atom is -0.398 e. The van der Waals surface area contributed by atoms with Gasteiger partial charge in [0.1, 0.15) is 13.2 Å². The summed E-state index contributed by atoms with van der Waals surface area (Å²) in [6.07, 6.45) is 0. The Kier molecular flexibility index (Phi) is 3.99. The van der Waals surface area contributed by atoms with Crippen LogP contribution in [0.4, 0.5) is 5.69 Å². The molecule has 1 rings (SSSR count). The van der Waals surface area contributed by atoms with Crippen LogP contribution in [0.25, 0.3) is 0 Å². The molecule has 0 amide bonds. The monoisotopic (exact) mass is 257 g/mol. The minimum absolute atomic E-state index is 0.01000. The van der Waals surface area contributed by atoms with Crippen LogP contribution in [-0.4, -0.2) is 12.8 Å². The molecule has 84 valence electrons. The number of nitriles is 1. The second-order valence-electron chi connectivity index (χ2n) is 3.01. The Morgan fingerprint density at radius 2 is 2.19 bits per heavy atom. The summed E-state index contributed by atoms with van der Waals surface area (Å²) < 4.78 is 0. The number of oxime groups is 1. The molecular weight excluding hydrogens is 249 g/mol. The van der Waals surface area contributed by atoms with Gasteiger partial charge in [-0.25, -0.2) is 0 Å². The molecule has 0 bridgehead atoms. The summed E-state index contributed by atoms with van der Waals surface area (Å²) in [5.41, 5.74) is 7.14. The van der Waals surface area contributed by atoms with E-state index in [2.05, 4.69) is 9.99 Å². The maximum absolute atomic E-state index is 8.90. The van der Waals surface area contributed by atoms with Crippen LogP contribution in [0.3, 0.4) is 0 Å². The Morgan fingerprint density at radius 1 is 1.56 bits per heavy atom. The topological polar surface area (TPSA) is 71.4 Å². The number of anilines is 1. The molecule has 0 aromatic heterocycles. The Balaban J connectivity index is 3.52. The molecule has 0 fully saturated rings. The number of nitrogens with zero attached hydrogens (tertiary/aromatic N) is 2. The van der Waals surface area contributed by atoms with Crippen LogP contribution in [0, 0.1) is 18.3 Å². The molecule has 0 aliphatic carbocycles. The molecule has 4 nitrogen and oxygen atoms in total. The Bertz CT molecular complexity index is 492. The van der Waals surface area contributed by atoms with E-state index in [-0.39, 0.29) is 16.3 Å². The average Bonchev–Trinajstić information content (AvgIpc) is 2.25. The number of aryl methyl sites for hydroxylation is 1. The van der Waals surface area contributed by atoms with E-state index in [4.69, 9.17) is 34.2 Å². The number of hydrogen-bond acceptors (Lipinski definition) is 4. The lowest BCUT2D eigenvalue weighted by Crippen LogP contribution is -2.04. The van der Waals surface area contributed by atoms with Gasteiger partial charge in [0, 0.05) is 0 Å². The molecule has 0 aliphatic heterocycles. The van der Waals surface area contributed by atoms with Crippen LogP contribution in [0.1, 0.15) is 11.1 Å². The Morgan fingerprint density at radius 3 is 2.69 bits per heavy atom. The van der Waals surface area contributed by atoms with Crippen molar-refractivity contribution in [1.82, 2.24) is 0 Å². The van der Waals surface area contributed by atoms with E-state index >= 15 is 0 Å². The molecule has 0 radical (unpaired) electrons. The zero-order chi connectivity index (χ0) is 12.3. The summed E-state index contributed by atoms with van der Waals surface area (Å²) in [6, 6.07) is 3.47. The average molecular weight is 258 g/mol. The van der Waals surface area contributed by atoms with E-state index in [1.165, 1.54) is 7.11 Å². The summed E-state index contributed by atoms with van der Waals surface area (Å²) in [6.45, 7) is 1.77. The summed E-state index contributed by atoms with van der Waals surface area (Å²) in [5.74, 6) is 0. The smallest absolute Gasteiger partial charge is 0.189 e. The zero-order valence-electron chi connectivity index (χ0n) is 8.71. The van der Waals surface area contributed by atoms with Gasteiger partial charge < -0.3 is 10.6 Å². The highest BCUT2D eigenvalue weighted by molar-refractivity contribution is 6.43. The number of halogens is 2. The van der Waals surface area contributed by atoms with Crippen molar-refractivity contribution in [3.63, 3.8) is 0 Å². The predicted molar refractivity (Wildman–Crippen MR) is 64.8 cm³/mol. The van der Waals surface area contributed by atoms with Crippen LogP contribution in [0.5, 0.6) is 0 Å². The molecule has 0 aliphatic rings. The lowest BCUT2D eigenvalue weighted by Gasteiger charge is -2.09. The fourth-order valence-corrected chi connectivity index (χ4v) is 1.92. The predicted octanol–water partition coefficient (Wildman–Crippen LogP) is 2.76. The number of rotatable bonds is 2. The zero-order valence-corrected chi connectivity index (χ0v) is 10.2. The third-order valence-corrected chi connectivity index (χ3v) is 2.68. The van der Waals surface area contributed by atoms with E-state index in [9.17, 15) is 0 Å². The van der Waals surface area contributed by atoms with Gasteiger partial charge in [0.15, 0.2) is 5.71 Å². The van der Waals surface area contributed by atoms with Crippen molar-refractivity contribution in [3.05, 3.63) is 27.2 Å². The molecule has 0 spiro atoms. The SMILES string of the molecule is CON=C(C#N)c1c(Cl)cc(C)c(N)c1Cl. The van der Waals surface area contributed by atoms with E-state index in [0.29, 0.717) is 10.7 Å². The number of nitrogens with two attached hydrogens (primary N) is 1. The number of benzene rings is 1. The van der Waals surface area contributed by atoms with Crippen LogP contribution >= 0.6 is 23.2 Å². The van der Waals surface area contributed by atoms with Gasteiger partial charge in [-0.05, 0) is 18.6 Å². The molecule has 2 N–H and O–H groups in total. The molecule has 0 saturated heterocycles. The molecule has 0 saturated carbocycles. The Labute approximate surface area is 103 Å². The van der Waals surface area contributed by atoms with Gasteiger partial charge in [0.05, 0.1) is 21.3 Å². The van der Waals surface area contributed by atoms with Crippen molar-refractivity contribution in [2.75, 3.05) is 12.8 Å². The molecule has 1 aromatic carbocycles. The van der Waals surface area contributed by atoms with Crippen molar-refractivity contribution < 1.29 is 4.84 Å². The highest BCUT2D eigenvalue weighted by Gasteiger charge is 2.17. The van der Waals surface area contributed by atoms with Gasteiger partial charge in [0.25, 0.3) is 0 Å². The van der Waals surface area contributed by atoms with Crippen molar-refractivity contribution in [1.29, 1.82) is 5.26 Å². The fraction of sp³-hybridized carbons (Fsp3) is 0.200.